The van der Waals surface area contributed by atoms with Crippen LogP contribution in [0.4, 0.5) is 4.39 Å². The van der Waals surface area contributed by atoms with Crippen molar-refractivity contribution in [2.24, 2.45) is 0 Å². The summed E-state index contributed by atoms with van der Waals surface area (Å²) in [7, 11) is 0. The Morgan fingerprint density at radius 1 is 1.04 bits per heavy atom. The van der Waals surface area contributed by atoms with E-state index in [4.69, 9.17) is 16.3 Å². The first-order valence-electron chi connectivity index (χ1n) is 7.19. The zero-order valence-electron chi connectivity index (χ0n) is 12.9. The number of amides is 2. The van der Waals surface area contributed by atoms with Gasteiger partial charge in [0.15, 0.2) is 6.61 Å². The first-order chi connectivity index (χ1) is 11.9. The molecule has 0 aliphatic rings. The van der Waals surface area contributed by atoms with Crippen LogP contribution in [0, 0.1) is 5.82 Å². The zero-order chi connectivity index (χ0) is 18.2. The maximum Gasteiger partial charge on any atom is 0.310 e. The molecule has 2 aromatic rings. The molecule has 2 aromatic carbocycles. The molecule has 2 rings (SSSR count). The third-order valence-corrected chi connectivity index (χ3v) is 3.28. The molecule has 0 unspecified atom stereocenters. The highest BCUT2D eigenvalue weighted by atomic mass is 35.5. The maximum atomic E-state index is 13.0. The standard InChI is InChI=1S/C17H14ClFN2O4/c18-13-6-4-12(5-7-13)17(24)21-20-15(22)10-25-16(23)9-11-2-1-3-14(19)8-11/h1-8H,9-10H2,(H,20,22)(H,21,24). The molecule has 0 atom stereocenters. The maximum absolute atomic E-state index is 13.0. The van der Waals surface area contributed by atoms with Crippen molar-refractivity contribution in [1.82, 2.24) is 10.9 Å². The van der Waals surface area contributed by atoms with Gasteiger partial charge in [0.05, 0.1) is 6.42 Å². The van der Waals surface area contributed by atoms with Crippen molar-refractivity contribution in [2.45, 2.75) is 6.42 Å². The molecule has 0 fully saturated rings. The van der Waals surface area contributed by atoms with E-state index in [2.05, 4.69) is 10.9 Å². The van der Waals surface area contributed by atoms with Crippen LogP contribution in [0.3, 0.4) is 0 Å². The monoisotopic (exact) mass is 364 g/mol. The molecule has 6 nitrogen and oxygen atoms in total. The summed E-state index contributed by atoms with van der Waals surface area (Å²) in [5.41, 5.74) is 5.02. The van der Waals surface area contributed by atoms with E-state index in [1.54, 1.807) is 6.07 Å². The van der Waals surface area contributed by atoms with Gasteiger partial charge in [0.25, 0.3) is 11.8 Å². The van der Waals surface area contributed by atoms with Gasteiger partial charge in [-0.2, -0.15) is 0 Å². The van der Waals surface area contributed by atoms with Crippen molar-refractivity contribution < 1.29 is 23.5 Å². The number of rotatable bonds is 5. The largest absolute Gasteiger partial charge is 0.455 e. The van der Waals surface area contributed by atoms with Crippen molar-refractivity contribution in [3.8, 4) is 0 Å². The lowest BCUT2D eigenvalue weighted by Crippen LogP contribution is -2.43. The molecular weight excluding hydrogens is 351 g/mol. The topological polar surface area (TPSA) is 84.5 Å². The van der Waals surface area contributed by atoms with Crippen molar-refractivity contribution >= 4 is 29.4 Å². The van der Waals surface area contributed by atoms with Crippen LogP contribution < -0.4 is 10.9 Å². The Morgan fingerprint density at radius 3 is 2.44 bits per heavy atom. The van der Waals surface area contributed by atoms with Crippen molar-refractivity contribution in [3.63, 3.8) is 0 Å². The van der Waals surface area contributed by atoms with Crippen LogP contribution >= 0.6 is 11.6 Å². The van der Waals surface area contributed by atoms with Gasteiger partial charge < -0.3 is 4.74 Å². The van der Waals surface area contributed by atoms with E-state index >= 15 is 0 Å². The minimum atomic E-state index is -0.713. The van der Waals surface area contributed by atoms with Crippen LogP contribution in [-0.2, 0) is 20.7 Å². The van der Waals surface area contributed by atoms with Crippen LogP contribution in [0.5, 0.6) is 0 Å². The molecule has 0 heterocycles. The Labute approximate surface area is 147 Å². The second-order valence-corrected chi connectivity index (χ2v) is 5.41. The van der Waals surface area contributed by atoms with E-state index in [1.807, 2.05) is 0 Å². The molecule has 0 saturated heterocycles. The van der Waals surface area contributed by atoms with Gasteiger partial charge in [0, 0.05) is 10.6 Å². The Morgan fingerprint density at radius 2 is 1.76 bits per heavy atom. The lowest BCUT2D eigenvalue weighted by molar-refractivity contribution is -0.148. The Kier molecular flexibility index (Phi) is 6.47. The van der Waals surface area contributed by atoms with Gasteiger partial charge in [-0.15, -0.1) is 0 Å². The van der Waals surface area contributed by atoms with Gasteiger partial charge >= 0.3 is 5.97 Å². The Hall–Kier alpha value is -2.93. The van der Waals surface area contributed by atoms with Gasteiger partial charge in [-0.3, -0.25) is 25.2 Å². The molecule has 0 aromatic heterocycles. The summed E-state index contributed by atoms with van der Waals surface area (Å²) in [5, 5.41) is 0.478. The van der Waals surface area contributed by atoms with E-state index in [-0.39, 0.29) is 6.42 Å². The summed E-state index contributed by atoms with van der Waals surface area (Å²) in [6, 6.07) is 11.5. The number of hydrogen-bond acceptors (Lipinski definition) is 4. The number of carbonyl (C=O) groups excluding carboxylic acids is 3. The molecule has 0 saturated carbocycles. The molecule has 8 heteroatoms. The van der Waals surface area contributed by atoms with E-state index in [9.17, 15) is 18.8 Å². The fraction of sp³-hybridized carbons (Fsp3) is 0.118. The Bertz CT molecular complexity index is 780. The fourth-order valence-electron chi connectivity index (χ4n) is 1.85. The minimum Gasteiger partial charge on any atom is -0.455 e. The molecule has 0 aliphatic heterocycles. The predicted octanol–water partition coefficient (Wildman–Crippen LogP) is 2.03. The number of nitrogens with one attached hydrogen (secondary N) is 2. The normalized spacial score (nSPS) is 10.0. The second kappa shape index (κ2) is 8.79. The SMILES string of the molecule is O=C(COC(=O)Cc1cccc(F)c1)NNC(=O)c1ccc(Cl)cc1. The van der Waals surface area contributed by atoms with E-state index in [0.717, 1.165) is 0 Å². The molecule has 2 N–H and O–H groups in total. The molecule has 0 spiro atoms. The highest BCUT2D eigenvalue weighted by Crippen LogP contribution is 2.09. The highest BCUT2D eigenvalue weighted by Gasteiger charge is 2.11. The van der Waals surface area contributed by atoms with Gasteiger partial charge in [0.1, 0.15) is 5.82 Å². The first kappa shape index (κ1) is 18.4. The summed E-state index contributed by atoms with van der Waals surface area (Å²) in [4.78, 5) is 34.9. The molecule has 0 radical (unpaired) electrons. The van der Waals surface area contributed by atoms with Gasteiger partial charge in [-0.05, 0) is 42.0 Å². The number of hydrogen-bond donors (Lipinski definition) is 2. The van der Waals surface area contributed by atoms with Crippen LogP contribution in [0.15, 0.2) is 48.5 Å². The summed E-state index contributed by atoms with van der Waals surface area (Å²) in [6.07, 6.45) is -0.165. The summed E-state index contributed by atoms with van der Waals surface area (Å²) >= 11 is 5.71. The summed E-state index contributed by atoms with van der Waals surface area (Å²) in [5.74, 6) is -2.41. The molecule has 0 aliphatic carbocycles. The van der Waals surface area contributed by atoms with Crippen molar-refractivity contribution in [2.75, 3.05) is 6.61 Å². The summed E-state index contributed by atoms with van der Waals surface area (Å²) in [6.45, 7) is -0.574. The van der Waals surface area contributed by atoms with Gasteiger partial charge in [-0.1, -0.05) is 23.7 Å². The quantitative estimate of drug-likeness (QED) is 0.628. The van der Waals surface area contributed by atoms with E-state index < -0.39 is 30.2 Å². The average molecular weight is 365 g/mol. The summed E-state index contributed by atoms with van der Waals surface area (Å²) < 4.78 is 17.8. The predicted molar refractivity (Wildman–Crippen MR) is 88.1 cm³/mol. The third kappa shape index (κ3) is 6.23. The number of esters is 1. The lowest BCUT2D eigenvalue weighted by Gasteiger charge is -2.08. The molecule has 130 valence electrons. The zero-order valence-corrected chi connectivity index (χ0v) is 13.7. The van der Waals surface area contributed by atoms with Crippen molar-refractivity contribution in [3.05, 3.63) is 70.5 Å². The number of halogens is 2. The number of benzene rings is 2. The number of hydrazine groups is 1. The Balaban J connectivity index is 1.72. The lowest BCUT2D eigenvalue weighted by atomic mass is 10.1. The van der Waals surface area contributed by atoms with E-state index in [1.165, 1.54) is 42.5 Å². The number of carbonyl (C=O) groups is 3. The average Bonchev–Trinajstić information content (AvgIpc) is 2.58. The van der Waals surface area contributed by atoms with Crippen molar-refractivity contribution in [1.29, 1.82) is 0 Å². The number of ether oxygens (including phenoxy) is 1. The second-order valence-electron chi connectivity index (χ2n) is 4.98. The molecular formula is C17H14ClFN2O4. The minimum absolute atomic E-state index is 0.165. The van der Waals surface area contributed by atoms with Crippen LogP contribution in [0.2, 0.25) is 5.02 Å². The van der Waals surface area contributed by atoms with Gasteiger partial charge in [0.2, 0.25) is 0 Å². The first-order valence-corrected chi connectivity index (χ1v) is 7.56. The fourth-order valence-corrected chi connectivity index (χ4v) is 1.97. The molecule has 0 bridgehead atoms. The van der Waals surface area contributed by atoms with Gasteiger partial charge in [-0.25, -0.2) is 4.39 Å². The third-order valence-electron chi connectivity index (χ3n) is 3.02. The van der Waals surface area contributed by atoms with Crippen LogP contribution in [0.1, 0.15) is 15.9 Å². The molecule has 25 heavy (non-hydrogen) atoms. The molecule has 2 amide bonds. The highest BCUT2D eigenvalue weighted by molar-refractivity contribution is 6.30. The van der Waals surface area contributed by atoms with Crippen LogP contribution in [0.25, 0.3) is 0 Å². The van der Waals surface area contributed by atoms with E-state index in [0.29, 0.717) is 16.1 Å². The van der Waals surface area contributed by atoms with Crippen LogP contribution in [-0.4, -0.2) is 24.4 Å². The smallest absolute Gasteiger partial charge is 0.310 e.